The Labute approximate surface area is 85.3 Å². The zero-order valence-corrected chi connectivity index (χ0v) is 8.70. The Morgan fingerprint density at radius 3 is 2.86 bits per heavy atom. The average molecular weight is 210 g/mol. The van der Waals surface area contributed by atoms with Gasteiger partial charge in [0.15, 0.2) is 6.29 Å². The number of carbonyl (C=O) groups is 2. The number of rotatable bonds is 1. The topological polar surface area (TPSA) is 58.2 Å². The third-order valence-corrected chi connectivity index (χ3v) is 3.09. The van der Waals surface area contributed by atoms with Crippen LogP contribution < -0.4 is 10.6 Å². The van der Waals surface area contributed by atoms with Crippen LogP contribution in [0.3, 0.4) is 0 Å². The van der Waals surface area contributed by atoms with Crippen molar-refractivity contribution < 1.29 is 9.59 Å². The molecular formula is C9H10N2O2S. The van der Waals surface area contributed by atoms with E-state index >= 15 is 0 Å². The fourth-order valence-electron chi connectivity index (χ4n) is 1.34. The molecule has 1 aliphatic heterocycles. The minimum Gasteiger partial charge on any atom is -0.369 e. The van der Waals surface area contributed by atoms with Crippen LogP contribution in [-0.4, -0.2) is 17.7 Å². The molecule has 0 aromatic carbocycles. The van der Waals surface area contributed by atoms with Crippen molar-refractivity contribution in [2.24, 2.45) is 0 Å². The largest absolute Gasteiger partial charge is 0.369 e. The van der Waals surface area contributed by atoms with E-state index in [1.807, 2.05) is 5.38 Å². The van der Waals surface area contributed by atoms with Gasteiger partial charge in [0.1, 0.15) is 5.54 Å². The van der Waals surface area contributed by atoms with Crippen molar-refractivity contribution >= 4 is 34.9 Å². The first-order chi connectivity index (χ1) is 6.54. The molecule has 0 bridgehead atoms. The minimum absolute atomic E-state index is 0.119. The fourth-order valence-corrected chi connectivity index (χ4v) is 2.10. The zero-order valence-electron chi connectivity index (χ0n) is 7.88. The quantitative estimate of drug-likeness (QED) is 0.694. The summed E-state index contributed by atoms with van der Waals surface area (Å²) >= 11 is 1.32. The van der Waals surface area contributed by atoms with Crippen LogP contribution in [0.5, 0.6) is 0 Å². The number of nitrogens with one attached hydrogen (secondary N) is 2. The standard InChI is InChI=1S/C9H10N2O2S/c1-9(2)8(13)10-7-5(11-9)4-14-6(7)3-12/h3-4,11H,1-2H3,(H,10,13). The van der Waals surface area contributed by atoms with Crippen LogP contribution in [0.25, 0.3) is 0 Å². The van der Waals surface area contributed by atoms with Gasteiger partial charge in [-0.15, -0.1) is 11.3 Å². The van der Waals surface area contributed by atoms with Gasteiger partial charge in [-0.1, -0.05) is 0 Å². The Kier molecular flexibility index (Phi) is 1.85. The lowest BCUT2D eigenvalue weighted by Crippen LogP contribution is -2.47. The summed E-state index contributed by atoms with van der Waals surface area (Å²) in [6, 6.07) is 0. The summed E-state index contributed by atoms with van der Waals surface area (Å²) in [6.45, 7) is 3.59. The molecule has 0 aliphatic carbocycles. The molecule has 0 radical (unpaired) electrons. The number of hydrogen-bond acceptors (Lipinski definition) is 4. The van der Waals surface area contributed by atoms with Gasteiger partial charge >= 0.3 is 0 Å². The van der Waals surface area contributed by atoms with Crippen molar-refractivity contribution in [3.63, 3.8) is 0 Å². The van der Waals surface area contributed by atoms with Crippen LogP contribution in [0, 0.1) is 0 Å². The van der Waals surface area contributed by atoms with Gasteiger partial charge in [-0.05, 0) is 13.8 Å². The summed E-state index contributed by atoms with van der Waals surface area (Å²) in [4.78, 5) is 22.8. The molecule has 14 heavy (non-hydrogen) atoms. The first-order valence-corrected chi connectivity index (χ1v) is 5.09. The highest BCUT2D eigenvalue weighted by Gasteiger charge is 2.34. The molecule has 0 unspecified atom stereocenters. The van der Waals surface area contributed by atoms with Crippen molar-refractivity contribution in [2.75, 3.05) is 10.6 Å². The highest BCUT2D eigenvalue weighted by molar-refractivity contribution is 7.13. The first kappa shape index (κ1) is 9.21. The van der Waals surface area contributed by atoms with Gasteiger partial charge in [0.05, 0.1) is 16.3 Å². The molecule has 0 saturated heterocycles. The molecule has 2 rings (SSSR count). The van der Waals surface area contributed by atoms with Gasteiger partial charge < -0.3 is 10.6 Å². The number of hydrogen-bond donors (Lipinski definition) is 2. The molecule has 4 nitrogen and oxygen atoms in total. The maximum Gasteiger partial charge on any atom is 0.249 e. The highest BCUT2D eigenvalue weighted by Crippen LogP contribution is 2.37. The average Bonchev–Trinajstić information content (AvgIpc) is 2.47. The van der Waals surface area contributed by atoms with Gasteiger partial charge in [-0.3, -0.25) is 9.59 Å². The summed E-state index contributed by atoms with van der Waals surface area (Å²) in [7, 11) is 0. The third-order valence-electron chi connectivity index (χ3n) is 2.18. The second kappa shape index (κ2) is 2.81. The van der Waals surface area contributed by atoms with Crippen molar-refractivity contribution in [1.29, 1.82) is 0 Å². The number of anilines is 2. The van der Waals surface area contributed by atoms with Crippen molar-refractivity contribution in [3.05, 3.63) is 10.3 Å². The molecule has 1 aromatic heterocycles. The molecule has 0 spiro atoms. The van der Waals surface area contributed by atoms with Gasteiger partial charge in [0, 0.05) is 5.38 Å². The summed E-state index contributed by atoms with van der Waals surface area (Å²) < 4.78 is 0. The summed E-state index contributed by atoms with van der Waals surface area (Å²) in [5.41, 5.74) is 0.810. The Morgan fingerprint density at radius 2 is 2.21 bits per heavy atom. The highest BCUT2D eigenvalue weighted by atomic mass is 32.1. The Bertz CT molecular complexity index is 409. The maximum atomic E-state index is 11.6. The van der Waals surface area contributed by atoms with Crippen LogP contribution in [0.1, 0.15) is 23.5 Å². The van der Waals surface area contributed by atoms with E-state index in [9.17, 15) is 9.59 Å². The summed E-state index contributed by atoms with van der Waals surface area (Å²) in [6.07, 6.45) is 0.754. The number of thiophene rings is 1. The first-order valence-electron chi connectivity index (χ1n) is 4.21. The summed E-state index contributed by atoms with van der Waals surface area (Å²) in [5.74, 6) is -0.119. The number of fused-ring (bicyclic) bond motifs is 1. The van der Waals surface area contributed by atoms with Gasteiger partial charge in [0.2, 0.25) is 5.91 Å². The van der Waals surface area contributed by atoms with Crippen molar-refractivity contribution in [3.8, 4) is 0 Å². The second-order valence-corrected chi connectivity index (χ2v) is 4.62. The van der Waals surface area contributed by atoms with E-state index in [4.69, 9.17) is 0 Å². The maximum absolute atomic E-state index is 11.6. The molecule has 0 atom stereocenters. The minimum atomic E-state index is -0.617. The Hall–Kier alpha value is -1.36. The Morgan fingerprint density at radius 1 is 1.50 bits per heavy atom. The van der Waals surface area contributed by atoms with E-state index in [1.165, 1.54) is 11.3 Å². The van der Waals surface area contributed by atoms with E-state index in [-0.39, 0.29) is 5.91 Å². The van der Waals surface area contributed by atoms with E-state index in [1.54, 1.807) is 13.8 Å². The van der Waals surface area contributed by atoms with Crippen molar-refractivity contribution in [2.45, 2.75) is 19.4 Å². The number of carbonyl (C=O) groups excluding carboxylic acids is 2. The molecule has 2 heterocycles. The van der Waals surface area contributed by atoms with Crippen LogP contribution >= 0.6 is 11.3 Å². The molecule has 0 saturated carbocycles. The van der Waals surface area contributed by atoms with Gasteiger partial charge in [-0.25, -0.2) is 0 Å². The lowest BCUT2D eigenvalue weighted by molar-refractivity contribution is -0.119. The predicted octanol–water partition coefficient (Wildman–Crippen LogP) is 1.70. The van der Waals surface area contributed by atoms with Crippen LogP contribution in [-0.2, 0) is 4.79 Å². The van der Waals surface area contributed by atoms with E-state index in [2.05, 4.69) is 10.6 Å². The normalized spacial score (nSPS) is 18.0. The van der Waals surface area contributed by atoms with Crippen LogP contribution in [0.2, 0.25) is 0 Å². The molecule has 1 amide bonds. The van der Waals surface area contributed by atoms with Crippen molar-refractivity contribution in [1.82, 2.24) is 0 Å². The molecule has 1 aromatic rings. The van der Waals surface area contributed by atoms with E-state index in [0.717, 1.165) is 12.0 Å². The summed E-state index contributed by atoms with van der Waals surface area (Å²) in [5, 5.41) is 7.64. The lowest BCUT2D eigenvalue weighted by atomic mass is 10.0. The third kappa shape index (κ3) is 1.21. The molecule has 1 aliphatic rings. The predicted molar refractivity (Wildman–Crippen MR) is 56.0 cm³/mol. The zero-order chi connectivity index (χ0) is 10.3. The monoisotopic (exact) mass is 210 g/mol. The van der Waals surface area contributed by atoms with E-state index < -0.39 is 5.54 Å². The number of amides is 1. The Balaban J connectivity index is 2.47. The molecule has 5 heteroatoms. The SMILES string of the molecule is CC1(C)Nc2csc(C=O)c2NC1=O. The van der Waals surface area contributed by atoms with Gasteiger partial charge in [-0.2, -0.15) is 0 Å². The molecule has 74 valence electrons. The fraction of sp³-hybridized carbons (Fsp3) is 0.333. The lowest BCUT2D eigenvalue weighted by Gasteiger charge is -2.31. The van der Waals surface area contributed by atoms with Crippen LogP contribution in [0.4, 0.5) is 11.4 Å². The molecule has 2 N–H and O–H groups in total. The van der Waals surface area contributed by atoms with Gasteiger partial charge in [0.25, 0.3) is 0 Å². The second-order valence-electron chi connectivity index (χ2n) is 3.71. The molecular weight excluding hydrogens is 200 g/mol. The smallest absolute Gasteiger partial charge is 0.249 e. The number of aldehydes is 1. The van der Waals surface area contributed by atoms with Crippen LogP contribution in [0.15, 0.2) is 5.38 Å². The molecule has 0 fully saturated rings. The van der Waals surface area contributed by atoms with E-state index in [0.29, 0.717) is 10.6 Å².